The second kappa shape index (κ2) is 6.43. The monoisotopic (exact) mass is 248 g/mol. The highest BCUT2D eigenvalue weighted by Gasteiger charge is 2.14. The van der Waals surface area contributed by atoms with Crippen LogP contribution in [0.15, 0.2) is 5.38 Å². The molecule has 0 aliphatic heterocycles. The number of alkyl halides is 1. The third kappa shape index (κ3) is 3.72. The van der Waals surface area contributed by atoms with E-state index in [1.165, 1.54) is 0 Å². The predicted octanol–water partition coefficient (Wildman–Crippen LogP) is 2.52. The Morgan fingerprint density at radius 1 is 1.67 bits per heavy atom. The molecule has 1 aromatic heterocycles. The van der Waals surface area contributed by atoms with Crippen molar-refractivity contribution >= 4 is 22.9 Å². The van der Waals surface area contributed by atoms with Crippen LogP contribution in [0.5, 0.6) is 0 Å². The predicted molar refractivity (Wildman–Crippen MR) is 64.6 cm³/mol. The Hall–Kier alpha value is -0.160. The molecular weight excluding hydrogens is 232 g/mol. The van der Waals surface area contributed by atoms with Gasteiger partial charge in [-0.3, -0.25) is 4.90 Å². The molecule has 1 heterocycles. The van der Waals surface area contributed by atoms with Crippen LogP contribution in [-0.2, 0) is 10.6 Å². The van der Waals surface area contributed by atoms with Crippen molar-refractivity contribution in [3.63, 3.8) is 0 Å². The number of nitrogens with zero attached hydrogens (tertiary/aromatic N) is 2. The summed E-state index contributed by atoms with van der Waals surface area (Å²) < 4.78 is 5.05. The molecule has 1 aromatic rings. The number of hydrogen-bond donors (Lipinski definition) is 0. The molecule has 1 rings (SSSR count). The molecule has 0 saturated heterocycles. The first kappa shape index (κ1) is 12.9. The molecule has 1 atom stereocenters. The Morgan fingerprint density at radius 3 is 2.93 bits per heavy atom. The van der Waals surface area contributed by atoms with Crippen LogP contribution >= 0.6 is 22.9 Å². The quantitative estimate of drug-likeness (QED) is 0.724. The summed E-state index contributed by atoms with van der Waals surface area (Å²) in [5.74, 6) is 0.491. The van der Waals surface area contributed by atoms with Crippen LogP contribution in [0.2, 0.25) is 0 Å². The highest BCUT2D eigenvalue weighted by atomic mass is 35.5. The SMILES string of the molecule is COCCN(C)C(C)c1nc(CCl)cs1. The molecule has 5 heteroatoms. The lowest BCUT2D eigenvalue weighted by Crippen LogP contribution is -2.26. The minimum absolute atomic E-state index is 0.321. The average Bonchev–Trinajstić information content (AvgIpc) is 2.73. The van der Waals surface area contributed by atoms with E-state index < -0.39 is 0 Å². The van der Waals surface area contributed by atoms with Crippen LogP contribution < -0.4 is 0 Å². The molecule has 0 radical (unpaired) electrons. The summed E-state index contributed by atoms with van der Waals surface area (Å²) in [4.78, 5) is 6.68. The molecule has 0 aliphatic carbocycles. The lowest BCUT2D eigenvalue weighted by molar-refractivity contribution is 0.143. The fourth-order valence-electron chi connectivity index (χ4n) is 1.19. The van der Waals surface area contributed by atoms with E-state index in [0.717, 1.165) is 23.9 Å². The molecule has 86 valence electrons. The minimum atomic E-state index is 0.321. The molecule has 0 bridgehead atoms. The molecule has 0 spiro atoms. The van der Waals surface area contributed by atoms with E-state index in [-0.39, 0.29) is 0 Å². The number of halogens is 1. The summed E-state index contributed by atoms with van der Waals surface area (Å²) >= 11 is 7.38. The first-order chi connectivity index (χ1) is 7.19. The van der Waals surface area contributed by atoms with Gasteiger partial charge in [0.15, 0.2) is 0 Å². The van der Waals surface area contributed by atoms with Gasteiger partial charge in [-0.1, -0.05) is 0 Å². The standard InChI is InChI=1S/C10H17ClN2OS/c1-8(13(2)4-5-14-3)10-12-9(6-11)7-15-10/h7-8H,4-6H2,1-3H3. The van der Waals surface area contributed by atoms with Crippen LogP contribution in [0.25, 0.3) is 0 Å². The van der Waals surface area contributed by atoms with Crippen molar-refractivity contribution in [3.05, 3.63) is 16.1 Å². The fraction of sp³-hybridized carbons (Fsp3) is 0.700. The zero-order valence-corrected chi connectivity index (χ0v) is 10.9. The van der Waals surface area contributed by atoms with Crippen LogP contribution in [0.1, 0.15) is 23.7 Å². The number of aromatic nitrogens is 1. The lowest BCUT2D eigenvalue weighted by Gasteiger charge is -2.22. The van der Waals surface area contributed by atoms with Crippen LogP contribution in [0.4, 0.5) is 0 Å². The van der Waals surface area contributed by atoms with E-state index in [4.69, 9.17) is 16.3 Å². The van der Waals surface area contributed by atoms with E-state index in [9.17, 15) is 0 Å². The first-order valence-electron chi connectivity index (χ1n) is 4.88. The van der Waals surface area contributed by atoms with Gasteiger partial charge >= 0.3 is 0 Å². The second-order valence-corrected chi connectivity index (χ2v) is 4.62. The van der Waals surface area contributed by atoms with E-state index in [2.05, 4.69) is 23.9 Å². The Bertz CT molecular complexity index is 293. The maximum Gasteiger partial charge on any atom is 0.110 e. The fourth-order valence-corrected chi connectivity index (χ4v) is 2.36. The molecule has 0 fully saturated rings. The van der Waals surface area contributed by atoms with Crippen LogP contribution in [-0.4, -0.2) is 37.2 Å². The Labute approximate surface area is 100 Å². The Balaban J connectivity index is 2.54. The molecule has 0 saturated carbocycles. The minimum Gasteiger partial charge on any atom is -0.383 e. The van der Waals surface area contributed by atoms with Crippen molar-refractivity contribution in [2.45, 2.75) is 18.8 Å². The maximum absolute atomic E-state index is 5.72. The zero-order chi connectivity index (χ0) is 11.3. The molecule has 15 heavy (non-hydrogen) atoms. The third-order valence-electron chi connectivity index (χ3n) is 2.37. The summed E-state index contributed by atoms with van der Waals surface area (Å²) in [6.45, 7) is 3.80. The average molecular weight is 249 g/mol. The van der Waals surface area contributed by atoms with Crippen molar-refractivity contribution in [2.24, 2.45) is 0 Å². The van der Waals surface area contributed by atoms with Gasteiger partial charge < -0.3 is 4.74 Å². The van der Waals surface area contributed by atoms with Crippen molar-refractivity contribution in [1.29, 1.82) is 0 Å². The van der Waals surface area contributed by atoms with Crippen molar-refractivity contribution < 1.29 is 4.74 Å². The van der Waals surface area contributed by atoms with Gasteiger partial charge in [-0.15, -0.1) is 22.9 Å². The number of methoxy groups -OCH3 is 1. The van der Waals surface area contributed by atoms with Gasteiger partial charge in [0, 0.05) is 19.0 Å². The van der Waals surface area contributed by atoms with Crippen LogP contribution in [0, 0.1) is 0 Å². The summed E-state index contributed by atoms with van der Waals surface area (Å²) in [6, 6.07) is 0.321. The largest absolute Gasteiger partial charge is 0.383 e. The lowest BCUT2D eigenvalue weighted by atomic mass is 10.3. The van der Waals surface area contributed by atoms with E-state index >= 15 is 0 Å². The van der Waals surface area contributed by atoms with Crippen molar-refractivity contribution in [1.82, 2.24) is 9.88 Å². The summed E-state index contributed by atoms with van der Waals surface area (Å²) in [5, 5.41) is 3.13. The van der Waals surface area contributed by atoms with Gasteiger partial charge in [0.05, 0.1) is 24.2 Å². The second-order valence-electron chi connectivity index (χ2n) is 3.46. The zero-order valence-electron chi connectivity index (χ0n) is 9.36. The van der Waals surface area contributed by atoms with Gasteiger partial charge in [-0.25, -0.2) is 4.98 Å². The van der Waals surface area contributed by atoms with E-state index in [0.29, 0.717) is 11.9 Å². The number of ether oxygens (including phenoxy) is 1. The van der Waals surface area contributed by atoms with Crippen molar-refractivity contribution in [3.8, 4) is 0 Å². The maximum atomic E-state index is 5.72. The third-order valence-corrected chi connectivity index (χ3v) is 3.71. The highest BCUT2D eigenvalue weighted by Crippen LogP contribution is 2.22. The highest BCUT2D eigenvalue weighted by molar-refractivity contribution is 7.09. The molecule has 3 nitrogen and oxygen atoms in total. The normalized spacial score (nSPS) is 13.4. The van der Waals surface area contributed by atoms with Crippen molar-refractivity contribution in [2.75, 3.05) is 27.3 Å². The first-order valence-corrected chi connectivity index (χ1v) is 6.30. The topological polar surface area (TPSA) is 25.4 Å². The van der Waals surface area contributed by atoms with Gasteiger partial charge in [-0.2, -0.15) is 0 Å². The van der Waals surface area contributed by atoms with Gasteiger partial charge in [0.2, 0.25) is 0 Å². The summed E-state index contributed by atoms with van der Waals surface area (Å²) in [6.07, 6.45) is 0. The molecular formula is C10H17ClN2OS. The molecule has 0 aliphatic rings. The molecule has 0 amide bonds. The number of thiazole rings is 1. The van der Waals surface area contributed by atoms with Gasteiger partial charge in [-0.05, 0) is 14.0 Å². The number of hydrogen-bond acceptors (Lipinski definition) is 4. The molecule has 0 N–H and O–H groups in total. The summed E-state index contributed by atoms with van der Waals surface area (Å²) in [7, 11) is 3.79. The van der Waals surface area contributed by atoms with E-state index in [1.807, 2.05) is 5.38 Å². The molecule has 1 unspecified atom stereocenters. The molecule has 0 aromatic carbocycles. The number of rotatable bonds is 6. The van der Waals surface area contributed by atoms with Gasteiger partial charge in [0.1, 0.15) is 5.01 Å². The summed E-state index contributed by atoms with van der Waals surface area (Å²) in [5.41, 5.74) is 0.962. The Kier molecular flexibility index (Phi) is 5.53. The Morgan fingerprint density at radius 2 is 2.40 bits per heavy atom. The van der Waals surface area contributed by atoms with Crippen LogP contribution in [0.3, 0.4) is 0 Å². The van der Waals surface area contributed by atoms with Gasteiger partial charge in [0.25, 0.3) is 0 Å². The smallest absolute Gasteiger partial charge is 0.110 e. The number of likely N-dealkylation sites (N-methyl/N-ethyl adjacent to an activating group) is 1. The van der Waals surface area contributed by atoms with E-state index in [1.54, 1.807) is 18.4 Å².